The van der Waals surface area contributed by atoms with E-state index in [4.69, 9.17) is 0 Å². The maximum Gasteiger partial charge on any atom is 0.271 e. The largest absolute Gasteiger partial charge is 0.507 e. The topological polar surface area (TPSA) is 272 Å². The molecule has 0 aromatic heterocycles. The molecule has 18 nitrogen and oxygen atoms in total. The van der Waals surface area contributed by atoms with Crippen LogP contribution in [0.1, 0.15) is 78.8 Å². The van der Waals surface area contributed by atoms with Crippen LogP contribution in [-0.2, 0) is 0 Å². The van der Waals surface area contributed by atoms with E-state index in [1.807, 2.05) is 0 Å². The number of nitrogens with zero attached hydrogens (tertiary/aromatic N) is 3. The van der Waals surface area contributed by atoms with Gasteiger partial charge in [0.15, 0.2) is 0 Å². The smallest absolute Gasteiger partial charge is 0.271 e. The minimum atomic E-state index is -0.704. The molecule has 18 heteroatoms. The molecule has 0 fully saturated rings. The van der Waals surface area contributed by atoms with Gasteiger partial charge in [0.2, 0.25) is 0 Å². The van der Waals surface area contributed by atoms with Gasteiger partial charge < -0.3 is 31.3 Å². The van der Waals surface area contributed by atoms with Crippen LogP contribution in [0.4, 0.5) is 17.1 Å². The molecule has 0 aliphatic heterocycles. The van der Waals surface area contributed by atoms with Crippen molar-refractivity contribution >= 4 is 71.1 Å². The molecular formula is C51H39N9O9. The van der Waals surface area contributed by atoms with E-state index in [0.717, 1.165) is 0 Å². The van der Waals surface area contributed by atoms with Gasteiger partial charge in [-0.25, -0.2) is 16.3 Å². The Labute approximate surface area is 392 Å². The quantitative estimate of drug-likeness (QED) is 0.0384. The molecule has 0 heterocycles. The number of carbonyl (C=O) groups excluding carboxylic acids is 6. The molecule has 7 aromatic rings. The highest BCUT2D eigenvalue weighted by Crippen LogP contribution is 2.20. The Balaban J connectivity index is 1.05. The first kappa shape index (κ1) is 46.8. The maximum absolute atomic E-state index is 13.7. The van der Waals surface area contributed by atoms with E-state index in [1.54, 1.807) is 54.6 Å². The van der Waals surface area contributed by atoms with Crippen molar-refractivity contribution in [2.75, 3.05) is 16.0 Å². The Hall–Kier alpha value is -10.2. The average Bonchev–Trinajstić information content (AvgIpc) is 3.36. The fourth-order valence-electron chi connectivity index (χ4n) is 6.21. The summed E-state index contributed by atoms with van der Waals surface area (Å²) < 4.78 is 0. The Bertz CT molecular complexity index is 2810. The highest BCUT2D eigenvalue weighted by molar-refractivity contribution is 6.13. The van der Waals surface area contributed by atoms with E-state index in [1.165, 1.54) is 128 Å². The molecule has 9 N–H and O–H groups in total. The molecule has 0 atom stereocenters. The van der Waals surface area contributed by atoms with E-state index < -0.39 is 35.4 Å². The standard InChI is InChI=1S/C51H39N9O9/c61-43-10-4-1-7-34(43)28-52-58-49(67)31-13-19-40(20-14-31)55-46(64)37-25-38(47(65)56-41-21-15-32(16-22-41)50(68)59-53-29-35-8-2-5-11-44(35)62)27-39(26-37)48(66)57-42-23-17-33(18-24-42)51(69)60-54-30-36-9-3-6-12-45(36)63/h1-30,61-63H,(H,55,64)(H,56,65)(H,57,66)(H,58,67)(H,59,68)(H,60,69)/b52-28+,53-29+,54-30+. The summed E-state index contributed by atoms with van der Waals surface area (Å²) in [6.45, 7) is 0. The summed E-state index contributed by atoms with van der Waals surface area (Å²) in [5, 5.41) is 49.5. The second-order valence-corrected chi connectivity index (χ2v) is 14.7. The fourth-order valence-corrected chi connectivity index (χ4v) is 6.21. The molecule has 0 saturated carbocycles. The van der Waals surface area contributed by atoms with Crippen molar-refractivity contribution in [2.24, 2.45) is 15.3 Å². The minimum Gasteiger partial charge on any atom is -0.507 e. The summed E-state index contributed by atoms with van der Waals surface area (Å²) in [6, 6.07) is 40.7. The lowest BCUT2D eigenvalue weighted by atomic mass is 10.0. The Morgan fingerprint density at radius 2 is 0.565 bits per heavy atom. The number of rotatable bonds is 15. The molecule has 7 aromatic carbocycles. The van der Waals surface area contributed by atoms with Gasteiger partial charge >= 0.3 is 0 Å². The third-order valence-corrected chi connectivity index (χ3v) is 9.85. The van der Waals surface area contributed by atoms with Crippen molar-refractivity contribution in [2.45, 2.75) is 0 Å². The van der Waals surface area contributed by atoms with Gasteiger partial charge in [0.25, 0.3) is 35.4 Å². The second kappa shape index (κ2) is 22.1. The third kappa shape index (κ3) is 12.7. The summed E-state index contributed by atoms with van der Waals surface area (Å²) in [7, 11) is 0. The van der Waals surface area contributed by atoms with Crippen molar-refractivity contribution in [3.63, 3.8) is 0 Å². The summed E-state index contributed by atoms with van der Waals surface area (Å²) >= 11 is 0. The van der Waals surface area contributed by atoms with Gasteiger partial charge in [-0.1, -0.05) is 36.4 Å². The Morgan fingerprint density at radius 1 is 0.319 bits per heavy atom. The van der Waals surface area contributed by atoms with E-state index in [0.29, 0.717) is 16.7 Å². The lowest BCUT2D eigenvalue weighted by Crippen LogP contribution is -2.20. The van der Waals surface area contributed by atoms with Gasteiger partial charge in [0.05, 0.1) is 18.6 Å². The first-order valence-corrected chi connectivity index (χ1v) is 20.6. The molecule has 7 rings (SSSR count). The number of amides is 6. The number of hydrogen-bond acceptors (Lipinski definition) is 12. The molecule has 0 radical (unpaired) electrons. The number of phenolic OH excluding ortho intramolecular Hbond substituents is 3. The number of phenols is 3. The monoisotopic (exact) mass is 921 g/mol. The van der Waals surface area contributed by atoms with Crippen molar-refractivity contribution in [3.8, 4) is 17.2 Å². The zero-order valence-electron chi connectivity index (χ0n) is 36.0. The first-order chi connectivity index (χ1) is 33.4. The van der Waals surface area contributed by atoms with E-state index in [2.05, 4.69) is 47.5 Å². The minimum absolute atomic E-state index is 0.0124. The van der Waals surface area contributed by atoms with Gasteiger partial charge in [-0.3, -0.25) is 28.8 Å². The van der Waals surface area contributed by atoms with Gasteiger partial charge in [0.1, 0.15) is 17.2 Å². The molecule has 0 aliphatic rings. The predicted molar refractivity (Wildman–Crippen MR) is 259 cm³/mol. The van der Waals surface area contributed by atoms with Crippen LogP contribution in [0.3, 0.4) is 0 Å². The van der Waals surface area contributed by atoms with Crippen LogP contribution in [0.5, 0.6) is 17.2 Å². The number of nitrogens with one attached hydrogen (secondary N) is 6. The third-order valence-electron chi connectivity index (χ3n) is 9.85. The number of aromatic hydroxyl groups is 3. The van der Waals surface area contributed by atoms with Crippen LogP contribution >= 0.6 is 0 Å². The lowest BCUT2D eigenvalue weighted by Gasteiger charge is -2.12. The van der Waals surface area contributed by atoms with Crippen molar-refractivity contribution in [3.05, 3.63) is 214 Å². The van der Waals surface area contributed by atoms with Crippen molar-refractivity contribution in [1.29, 1.82) is 0 Å². The first-order valence-electron chi connectivity index (χ1n) is 20.6. The Morgan fingerprint density at radius 3 is 0.812 bits per heavy atom. The van der Waals surface area contributed by atoms with Crippen LogP contribution in [0.15, 0.2) is 179 Å². The summed E-state index contributed by atoms with van der Waals surface area (Å²) in [6.07, 6.45) is 3.87. The zero-order valence-corrected chi connectivity index (χ0v) is 36.0. The van der Waals surface area contributed by atoms with E-state index in [-0.39, 0.29) is 67.7 Å². The van der Waals surface area contributed by atoms with Gasteiger partial charge in [0, 0.05) is 67.1 Å². The summed E-state index contributed by atoms with van der Waals surface area (Å²) in [5.41, 5.74) is 9.49. The van der Waals surface area contributed by atoms with Crippen molar-refractivity contribution < 1.29 is 44.1 Å². The number of anilines is 3. The van der Waals surface area contributed by atoms with Gasteiger partial charge in [-0.15, -0.1) is 0 Å². The number of hydrogen-bond donors (Lipinski definition) is 9. The molecule has 69 heavy (non-hydrogen) atoms. The molecule has 0 saturated heterocycles. The van der Waals surface area contributed by atoms with Crippen molar-refractivity contribution in [1.82, 2.24) is 16.3 Å². The molecule has 0 spiro atoms. The number of hydrazone groups is 3. The van der Waals surface area contributed by atoms with Crippen LogP contribution in [0.25, 0.3) is 0 Å². The number of carbonyl (C=O) groups is 6. The summed E-state index contributed by atoms with van der Waals surface area (Å²) in [5.74, 6) is -3.83. The number of benzene rings is 7. The van der Waals surface area contributed by atoms with Gasteiger partial charge in [-0.2, -0.15) is 15.3 Å². The summed E-state index contributed by atoms with van der Waals surface area (Å²) in [4.78, 5) is 79.3. The Kier molecular flexibility index (Phi) is 15.0. The SMILES string of the molecule is O=C(N/N=C/c1ccccc1O)c1ccc(NC(=O)c2cc(C(=O)Nc3ccc(C(=O)N/N=C/c4ccccc4O)cc3)cc(C(=O)Nc3ccc(C(=O)N/N=C/c4ccccc4O)cc3)c2)cc1. The number of para-hydroxylation sites is 3. The van der Waals surface area contributed by atoms with E-state index in [9.17, 15) is 44.1 Å². The van der Waals surface area contributed by atoms with Gasteiger partial charge in [-0.05, 0) is 127 Å². The highest BCUT2D eigenvalue weighted by Gasteiger charge is 2.19. The molecule has 0 aliphatic carbocycles. The molecule has 0 unspecified atom stereocenters. The predicted octanol–water partition coefficient (Wildman–Crippen LogP) is 6.85. The second-order valence-electron chi connectivity index (χ2n) is 14.7. The lowest BCUT2D eigenvalue weighted by molar-refractivity contribution is 0.0947. The fraction of sp³-hybridized carbons (Fsp3) is 0. The van der Waals surface area contributed by atoms with Crippen LogP contribution in [-0.4, -0.2) is 69.4 Å². The molecule has 6 amide bonds. The normalized spacial score (nSPS) is 11.0. The highest BCUT2D eigenvalue weighted by atomic mass is 16.3. The zero-order chi connectivity index (χ0) is 48.7. The van der Waals surface area contributed by atoms with Crippen LogP contribution in [0.2, 0.25) is 0 Å². The molecule has 342 valence electrons. The van der Waals surface area contributed by atoms with Crippen LogP contribution < -0.4 is 32.2 Å². The average molecular weight is 922 g/mol. The molecule has 0 bridgehead atoms. The van der Waals surface area contributed by atoms with E-state index >= 15 is 0 Å². The maximum atomic E-state index is 13.7. The molecular weight excluding hydrogens is 883 g/mol. The van der Waals surface area contributed by atoms with Crippen LogP contribution in [0, 0.1) is 0 Å².